The van der Waals surface area contributed by atoms with Crippen LogP contribution in [-0.4, -0.2) is 22.6 Å². The van der Waals surface area contributed by atoms with Crippen LogP contribution >= 0.6 is 11.6 Å². The zero-order chi connectivity index (χ0) is 11.8. The van der Waals surface area contributed by atoms with Crippen molar-refractivity contribution in [3.63, 3.8) is 0 Å². The SMILES string of the molecule is C[C@@H]1CCCCN1c1cc(Cl)nc(C2CC2)n1. The van der Waals surface area contributed by atoms with Crippen molar-refractivity contribution in [1.82, 2.24) is 9.97 Å². The fourth-order valence-electron chi connectivity index (χ4n) is 2.53. The van der Waals surface area contributed by atoms with Gasteiger partial charge in [-0.15, -0.1) is 0 Å². The van der Waals surface area contributed by atoms with Crippen LogP contribution in [0.3, 0.4) is 0 Å². The summed E-state index contributed by atoms with van der Waals surface area (Å²) in [5, 5.41) is 0.592. The molecule has 1 aromatic rings. The normalized spacial score (nSPS) is 25.1. The maximum Gasteiger partial charge on any atom is 0.135 e. The van der Waals surface area contributed by atoms with Crippen LogP contribution in [-0.2, 0) is 0 Å². The Bertz CT molecular complexity index is 417. The molecule has 4 heteroatoms. The van der Waals surface area contributed by atoms with Gasteiger partial charge in [0, 0.05) is 24.6 Å². The summed E-state index contributed by atoms with van der Waals surface area (Å²) < 4.78 is 0. The number of piperidine rings is 1. The highest BCUT2D eigenvalue weighted by Gasteiger charge is 2.28. The van der Waals surface area contributed by atoms with Crippen molar-refractivity contribution >= 4 is 17.4 Å². The van der Waals surface area contributed by atoms with Gasteiger partial charge in [0.05, 0.1) is 0 Å². The van der Waals surface area contributed by atoms with Gasteiger partial charge in [-0.05, 0) is 39.0 Å². The molecule has 1 aliphatic carbocycles. The number of halogens is 1. The van der Waals surface area contributed by atoms with Crippen LogP contribution in [0.25, 0.3) is 0 Å². The Morgan fingerprint density at radius 3 is 2.76 bits per heavy atom. The molecule has 2 heterocycles. The fraction of sp³-hybridized carbons (Fsp3) is 0.692. The summed E-state index contributed by atoms with van der Waals surface area (Å²) in [4.78, 5) is 11.4. The minimum atomic E-state index is 0.563. The van der Waals surface area contributed by atoms with Gasteiger partial charge in [0.25, 0.3) is 0 Å². The van der Waals surface area contributed by atoms with Crippen LogP contribution in [0.2, 0.25) is 5.15 Å². The molecule has 1 aromatic heterocycles. The molecule has 1 saturated heterocycles. The molecule has 1 saturated carbocycles. The van der Waals surface area contributed by atoms with E-state index in [2.05, 4.69) is 16.8 Å². The Morgan fingerprint density at radius 1 is 1.24 bits per heavy atom. The average Bonchev–Trinajstić information content (AvgIpc) is 3.12. The van der Waals surface area contributed by atoms with Gasteiger partial charge in [0.1, 0.15) is 16.8 Å². The third-order valence-corrected chi connectivity index (χ3v) is 3.93. The van der Waals surface area contributed by atoms with Crippen LogP contribution in [0.15, 0.2) is 6.07 Å². The first-order chi connectivity index (χ1) is 8.24. The van der Waals surface area contributed by atoms with E-state index < -0.39 is 0 Å². The van der Waals surface area contributed by atoms with E-state index in [9.17, 15) is 0 Å². The molecule has 1 atom stereocenters. The standard InChI is InChI=1S/C13H18ClN3/c1-9-4-2-3-7-17(9)12-8-11(14)15-13(16-12)10-5-6-10/h8-10H,2-7H2,1H3/t9-/m1/s1. The Labute approximate surface area is 107 Å². The molecule has 0 radical (unpaired) electrons. The number of rotatable bonds is 2. The minimum Gasteiger partial charge on any atom is -0.354 e. The first kappa shape index (κ1) is 11.3. The van der Waals surface area contributed by atoms with E-state index >= 15 is 0 Å². The second-order valence-electron chi connectivity index (χ2n) is 5.22. The molecular formula is C13H18ClN3. The first-order valence-electron chi connectivity index (χ1n) is 6.55. The number of aromatic nitrogens is 2. The summed E-state index contributed by atoms with van der Waals surface area (Å²) in [5.74, 6) is 2.54. The van der Waals surface area contributed by atoms with E-state index in [-0.39, 0.29) is 0 Å². The number of hydrogen-bond acceptors (Lipinski definition) is 3. The smallest absolute Gasteiger partial charge is 0.135 e. The minimum absolute atomic E-state index is 0.563. The van der Waals surface area contributed by atoms with E-state index in [4.69, 9.17) is 16.6 Å². The molecule has 0 spiro atoms. The quantitative estimate of drug-likeness (QED) is 0.755. The number of anilines is 1. The van der Waals surface area contributed by atoms with Gasteiger partial charge >= 0.3 is 0 Å². The Kier molecular flexibility index (Phi) is 2.95. The maximum atomic E-state index is 6.11. The lowest BCUT2D eigenvalue weighted by atomic mass is 10.0. The predicted octanol–water partition coefficient (Wildman–Crippen LogP) is 3.39. The Hall–Kier alpha value is -0.830. The molecule has 92 valence electrons. The van der Waals surface area contributed by atoms with Crippen molar-refractivity contribution in [3.8, 4) is 0 Å². The first-order valence-corrected chi connectivity index (χ1v) is 6.93. The Balaban J connectivity index is 1.90. The van der Waals surface area contributed by atoms with Gasteiger partial charge in [0.15, 0.2) is 0 Å². The molecule has 0 unspecified atom stereocenters. The molecular weight excluding hydrogens is 234 g/mol. The van der Waals surface area contributed by atoms with E-state index in [1.54, 1.807) is 0 Å². The molecule has 2 aliphatic rings. The van der Waals surface area contributed by atoms with Crippen LogP contribution in [0.4, 0.5) is 5.82 Å². The molecule has 0 N–H and O–H groups in total. The summed E-state index contributed by atoms with van der Waals surface area (Å²) in [7, 11) is 0. The topological polar surface area (TPSA) is 29.0 Å². The average molecular weight is 252 g/mol. The van der Waals surface area contributed by atoms with Gasteiger partial charge < -0.3 is 4.90 Å². The number of nitrogens with zero attached hydrogens (tertiary/aromatic N) is 3. The van der Waals surface area contributed by atoms with Gasteiger partial charge in [-0.2, -0.15) is 0 Å². The van der Waals surface area contributed by atoms with Crippen molar-refractivity contribution in [3.05, 3.63) is 17.0 Å². The van der Waals surface area contributed by atoms with Crippen LogP contribution in [0.1, 0.15) is 50.8 Å². The Morgan fingerprint density at radius 2 is 2.06 bits per heavy atom. The van der Waals surface area contributed by atoms with Crippen LogP contribution < -0.4 is 4.90 Å². The molecule has 2 fully saturated rings. The predicted molar refractivity (Wildman–Crippen MR) is 69.7 cm³/mol. The highest BCUT2D eigenvalue weighted by atomic mass is 35.5. The summed E-state index contributed by atoms with van der Waals surface area (Å²) in [6, 6.07) is 2.48. The van der Waals surface area contributed by atoms with Crippen molar-refractivity contribution in [2.24, 2.45) is 0 Å². The summed E-state index contributed by atoms with van der Waals surface area (Å²) >= 11 is 6.11. The second-order valence-corrected chi connectivity index (χ2v) is 5.61. The highest BCUT2D eigenvalue weighted by molar-refractivity contribution is 6.29. The lowest BCUT2D eigenvalue weighted by molar-refractivity contribution is 0.480. The van der Waals surface area contributed by atoms with Crippen molar-refractivity contribution in [2.45, 2.75) is 51.0 Å². The van der Waals surface area contributed by atoms with Gasteiger partial charge in [-0.3, -0.25) is 0 Å². The second kappa shape index (κ2) is 4.45. The van der Waals surface area contributed by atoms with E-state index in [0.29, 0.717) is 17.1 Å². The van der Waals surface area contributed by atoms with Crippen molar-refractivity contribution in [1.29, 1.82) is 0 Å². The summed E-state index contributed by atoms with van der Waals surface area (Å²) in [6.45, 7) is 3.37. The van der Waals surface area contributed by atoms with Gasteiger partial charge in [-0.25, -0.2) is 9.97 Å². The monoisotopic (exact) mass is 251 g/mol. The molecule has 0 aromatic carbocycles. The van der Waals surface area contributed by atoms with Gasteiger partial charge in [0.2, 0.25) is 0 Å². The maximum absolute atomic E-state index is 6.11. The molecule has 3 rings (SSSR count). The van der Waals surface area contributed by atoms with Crippen LogP contribution in [0, 0.1) is 0 Å². The molecule has 3 nitrogen and oxygen atoms in total. The lowest BCUT2D eigenvalue weighted by Crippen LogP contribution is -2.38. The van der Waals surface area contributed by atoms with E-state index in [0.717, 1.165) is 18.2 Å². The summed E-state index contributed by atoms with van der Waals surface area (Å²) in [5.41, 5.74) is 0. The molecule has 1 aliphatic heterocycles. The zero-order valence-corrected chi connectivity index (χ0v) is 11.0. The fourth-order valence-corrected chi connectivity index (χ4v) is 2.72. The van der Waals surface area contributed by atoms with Crippen molar-refractivity contribution < 1.29 is 0 Å². The van der Waals surface area contributed by atoms with E-state index in [1.165, 1.54) is 32.1 Å². The molecule has 17 heavy (non-hydrogen) atoms. The third kappa shape index (κ3) is 2.39. The summed E-state index contributed by atoms with van der Waals surface area (Å²) in [6.07, 6.45) is 6.27. The van der Waals surface area contributed by atoms with Crippen LogP contribution in [0.5, 0.6) is 0 Å². The highest BCUT2D eigenvalue weighted by Crippen LogP contribution is 2.39. The molecule has 0 bridgehead atoms. The van der Waals surface area contributed by atoms with Crippen molar-refractivity contribution in [2.75, 3.05) is 11.4 Å². The largest absolute Gasteiger partial charge is 0.354 e. The zero-order valence-electron chi connectivity index (χ0n) is 10.2. The molecule has 0 amide bonds. The lowest BCUT2D eigenvalue weighted by Gasteiger charge is -2.34. The van der Waals surface area contributed by atoms with E-state index in [1.807, 2.05) is 6.07 Å². The third-order valence-electron chi connectivity index (χ3n) is 3.74. The number of hydrogen-bond donors (Lipinski definition) is 0. The van der Waals surface area contributed by atoms with Gasteiger partial charge in [-0.1, -0.05) is 11.6 Å².